The molecule has 0 fully saturated rings. The molecule has 3 aromatic carbocycles. The van der Waals surface area contributed by atoms with E-state index >= 15 is 0 Å². The first-order valence-corrected chi connectivity index (χ1v) is 11.5. The fraction of sp³-hybridized carbons (Fsp3) is 0.0909. The van der Waals surface area contributed by atoms with Gasteiger partial charge in [0.15, 0.2) is 5.82 Å². The molecule has 4 rings (SSSR count). The molecule has 0 aliphatic carbocycles. The van der Waals surface area contributed by atoms with Gasteiger partial charge >= 0.3 is 6.03 Å². The smallest absolute Gasteiger partial charge is 0.308 e. The number of aromatic nitrogens is 4. The summed E-state index contributed by atoms with van der Waals surface area (Å²) in [6, 6.07) is 13.1. The topological polar surface area (TPSA) is 133 Å². The minimum atomic E-state index is -3.59. The Labute approximate surface area is 199 Å². The van der Waals surface area contributed by atoms with Crippen molar-refractivity contribution in [2.45, 2.75) is 4.90 Å². The Kier molecular flexibility index (Phi) is 6.53. The first kappa shape index (κ1) is 23.9. The van der Waals surface area contributed by atoms with Crippen LogP contribution in [0.1, 0.15) is 0 Å². The maximum absolute atomic E-state index is 13.4. The number of nitrogens with one attached hydrogen (secondary N) is 3. The molecule has 13 heteroatoms. The molecule has 0 aliphatic rings. The molecule has 0 aliphatic heterocycles. The molecule has 0 radical (unpaired) electrons. The summed E-state index contributed by atoms with van der Waals surface area (Å²) in [7, 11) is -0.689. The van der Waals surface area contributed by atoms with Gasteiger partial charge in [0.1, 0.15) is 11.6 Å². The van der Waals surface area contributed by atoms with Crippen LogP contribution < -0.4 is 10.6 Å². The van der Waals surface area contributed by atoms with Crippen molar-refractivity contribution in [3.63, 3.8) is 0 Å². The van der Waals surface area contributed by atoms with Crippen LogP contribution in [0, 0.1) is 11.6 Å². The number of benzene rings is 3. The van der Waals surface area contributed by atoms with E-state index in [9.17, 15) is 22.0 Å². The highest BCUT2D eigenvalue weighted by Gasteiger charge is 2.18. The molecule has 0 atom stereocenters. The lowest BCUT2D eigenvalue weighted by molar-refractivity contribution is 0.262. The predicted molar refractivity (Wildman–Crippen MR) is 125 cm³/mol. The SMILES string of the molecule is CN(C)S(=O)(=O)c1ccc(-c2ccc(NC(=O)Nc3cc(F)cc(F)c3)cc2-c2nnn[nH]2)cc1. The number of sulfonamides is 1. The Balaban J connectivity index is 1.63. The molecular formula is C22H19F2N7O3S. The minimum Gasteiger partial charge on any atom is -0.308 e. The van der Waals surface area contributed by atoms with E-state index in [1.54, 1.807) is 30.3 Å². The lowest BCUT2D eigenvalue weighted by Crippen LogP contribution is -2.22. The van der Waals surface area contributed by atoms with Gasteiger partial charge < -0.3 is 10.6 Å². The van der Waals surface area contributed by atoms with E-state index in [-0.39, 0.29) is 10.6 Å². The first-order valence-electron chi connectivity index (χ1n) is 10.1. The summed E-state index contributed by atoms with van der Waals surface area (Å²) in [4.78, 5) is 12.5. The van der Waals surface area contributed by atoms with Gasteiger partial charge in [0.2, 0.25) is 10.0 Å². The minimum absolute atomic E-state index is 0.0518. The van der Waals surface area contributed by atoms with Crippen LogP contribution >= 0.6 is 0 Å². The molecule has 2 amide bonds. The van der Waals surface area contributed by atoms with Crippen molar-refractivity contribution < 1.29 is 22.0 Å². The van der Waals surface area contributed by atoms with E-state index in [0.717, 1.165) is 16.4 Å². The number of anilines is 2. The van der Waals surface area contributed by atoms with E-state index < -0.39 is 27.7 Å². The Hall–Kier alpha value is -4.23. The molecule has 1 aromatic heterocycles. The van der Waals surface area contributed by atoms with Crippen molar-refractivity contribution >= 4 is 27.4 Å². The second-order valence-electron chi connectivity index (χ2n) is 7.56. The number of tetrazole rings is 1. The van der Waals surface area contributed by atoms with Crippen LogP contribution in [-0.4, -0.2) is 53.5 Å². The number of nitrogens with zero attached hydrogens (tertiary/aromatic N) is 4. The van der Waals surface area contributed by atoms with Gasteiger partial charge in [0, 0.05) is 37.1 Å². The lowest BCUT2D eigenvalue weighted by atomic mass is 9.98. The number of H-pyrrole nitrogens is 1. The van der Waals surface area contributed by atoms with Crippen LogP contribution in [0.15, 0.2) is 65.6 Å². The third-order valence-electron chi connectivity index (χ3n) is 4.94. The van der Waals surface area contributed by atoms with Crippen molar-refractivity contribution in [1.82, 2.24) is 24.9 Å². The van der Waals surface area contributed by atoms with Crippen LogP contribution in [0.5, 0.6) is 0 Å². The molecule has 4 aromatic rings. The first-order chi connectivity index (χ1) is 16.6. The largest absolute Gasteiger partial charge is 0.323 e. The molecule has 10 nitrogen and oxygen atoms in total. The van der Waals surface area contributed by atoms with E-state index in [0.29, 0.717) is 34.3 Å². The molecule has 0 saturated carbocycles. The third-order valence-corrected chi connectivity index (χ3v) is 6.77. The molecule has 3 N–H and O–H groups in total. The number of urea groups is 1. The molecule has 0 unspecified atom stereocenters. The summed E-state index contributed by atoms with van der Waals surface area (Å²) >= 11 is 0. The Morgan fingerprint density at radius 1 is 0.886 bits per heavy atom. The van der Waals surface area contributed by atoms with E-state index in [1.807, 2.05) is 0 Å². The number of hydrogen-bond acceptors (Lipinski definition) is 6. The quantitative estimate of drug-likeness (QED) is 0.371. The van der Waals surface area contributed by atoms with Gasteiger partial charge in [0.25, 0.3) is 0 Å². The zero-order chi connectivity index (χ0) is 25.2. The van der Waals surface area contributed by atoms with Crippen LogP contribution in [0.2, 0.25) is 0 Å². The molecule has 180 valence electrons. The number of halogens is 2. The second-order valence-corrected chi connectivity index (χ2v) is 9.71. The van der Waals surface area contributed by atoms with Gasteiger partial charge in [0.05, 0.1) is 4.90 Å². The van der Waals surface area contributed by atoms with Crippen molar-refractivity contribution in [1.29, 1.82) is 0 Å². The maximum Gasteiger partial charge on any atom is 0.323 e. The number of amides is 2. The Morgan fingerprint density at radius 2 is 1.54 bits per heavy atom. The van der Waals surface area contributed by atoms with Crippen molar-refractivity contribution in [3.05, 3.63) is 72.3 Å². The predicted octanol–water partition coefficient (Wildman–Crippen LogP) is 3.71. The lowest BCUT2D eigenvalue weighted by Gasteiger charge is -2.14. The fourth-order valence-corrected chi connectivity index (χ4v) is 4.18. The number of hydrogen-bond donors (Lipinski definition) is 3. The third kappa shape index (κ3) is 5.31. The summed E-state index contributed by atoms with van der Waals surface area (Å²) in [6.45, 7) is 0. The summed E-state index contributed by atoms with van der Waals surface area (Å²) in [5, 5.41) is 18.7. The number of carbonyl (C=O) groups excluding carboxylic acids is 1. The van der Waals surface area contributed by atoms with E-state index in [4.69, 9.17) is 0 Å². The number of aromatic amines is 1. The molecule has 35 heavy (non-hydrogen) atoms. The maximum atomic E-state index is 13.4. The standard InChI is InChI=1S/C22H19F2N7O3S/c1-31(2)35(33,34)18-6-3-13(4-7-18)19-8-5-16(12-20(19)21-27-29-30-28-21)25-22(32)26-17-10-14(23)9-15(24)11-17/h3-12H,1-2H3,(H2,25,26,32)(H,27,28,29,30). The van der Waals surface area contributed by atoms with Gasteiger partial charge in [-0.05, 0) is 58.0 Å². The van der Waals surface area contributed by atoms with Gasteiger partial charge in [-0.15, -0.1) is 5.10 Å². The zero-order valence-electron chi connectivity index (χ0n) is 18.5. The molecule has 1 heterocycles. The monoisotopic (exact) mass is 499 g/mol. The van der Waals surface area contributed by atoms with Crippen LogP contribution in [-0.2, 0) is 10.0 Å². The molecule has 0 spiro atoms. The van der Waals surface area contributed by atoms with Crippen molar-refractivity contribution in [2.75, 3.05) is 24.7 Å². The van der Waals surface area contributed by atoms with Gasteiger partial charge in [-0.3, -0.25) is 0 Å². The van der Waals surface area contributed by atoms with Crippen LogP contribution in [0.3, 0.4) is 0 Å². The molecular weight excluding hydrogens is 480 g/mol. The van der Waals surface area contributed by atoms with Gasteiger partial charge in [-0.25, -0.2) is 31.4 Å². The Bertz CT molecular complexity index is 1460. The number of rotatable bonds is 6. The Morgan fingerprint density at radius 3 is 2.14 bits per heavy atom. The zero-order valence-corrected chi connectivity index (χ0v) is 19.3. The normalized spacial score (nSPS) is 11.5. The van der Waals surface area contributed by atoms with Crippen molar-refractivity contribution in [3.8, 4) is 22.5 Å². The van der Waals surface area contributed by atoms with Gasteiger partial charge in [-0.1, -0.05) is 18.2 Å². The average Bonchev–Trinajstić information content (AvgIpc) is 3.33. The second kappa shape index (κ2) is 9.56. The van der Waals surface area contributed by atoms with Crippen molar-refractivity contribution in [2.24, 2.45) is 0 Å². The molecule has 0 saturated heterocycles. The van der Waals surface area contributed by atoms with Crippen LogP contribution in [0.4, 0.5) is 25.0 Å². The highest BCUT2D eigenvalue weighted by atomic mass is 32.2. The van der Waals surface area contributed by atoms with E-state index in [1.165, 1.54) is 26.2 Å². The summed E-state index contributed by atoms with van der Waals surface area (Å²) < 4.78 is 52.6. The average molecular weight is 500 g/mol. The highest BCUT2D eigenvalue weighted by molar-refractivity contribution is 7.89. The fourth-order valence-electron chi connectivity index (χ4n) is 3.28. The summed E-state index contributed by atoms with van der Waals surface area (Å²) in [5.74, 6) is -1.34. The summed E-state index contributed by atoms with van der Waals surface area (Å²) in [6.07, 6.45) is 0. The van der Waals surface area contributed by atoms with E-state index in [2.05, 4.69) is 31.3 Å². The highest BCUT2D eigenvalue weighted by Crippen LogP contribution is 2.33. The number of carbonyl (C=O) groups is 1. The van der Waals surface area contributed by atoms with Gasteiger partial charge in [-0.2, -0.15) is 0 Å². The summed E-state index contributed by atoms with van der Waals surface area (Å²) in [5.41, 5.74) is 2.16. The molecule has 0 bridgehead atoms. The van der Waals surface area contributed by atoms with Crippen LogP contribution in [0.25, 0.3) is 22.5 Å².